The molecule has 0 saturated heterocycles. The second-order valence-corrected chi connectivity index (χ2v) is 7.65. The zero-order valence-electron chi connectivity index (χ0n) is 13.4. The van der Waals surface area contributed by atoms with Crippen LogP contribution in [0.15, 0.2) is 41.1 Å². The highest BCUT2D eigenvalue weighted by Gasteiger charge is 2.38. The third-order valence-corrected chi connectivity index (χ3v) is 5.08. The van der Waals surface area contributed by atoms with Gasteiger partial charge in [0.05, 0.1) is 5.75 Å². The van der Waals surface area contributed by atoms with Crippen LogP contribution in [0.5, 0.6) is 0 Å². The van der Waals surface area contributed by atoms with Crippen LogP contribution in [0.3, 0.4) is 0 Å². The van der Waals surface area contributed by atoms with E-state index >= 15 is 0 Å². The van der Waals surface area contributed by atoms with Crippen molar-refractivity contribution in [2.45, 2.75) is 17.7 Å². The lowest BCUT2D eigenvalue weighted by molar-refractivity contribution is -0.143. The molecule has 0 spiro atoms. The first kappa shape index (κ1) is 18.1. The van der Waals surface area contributed by atoms with Crippen LogP contribution < -0.4 is 0 Å². The Labute approximate surface area is 146 Å². The number of aromatic nitrogens is 4. The Morgan fingerprint density at radius 3 is 2.46 bits per heavy atom. The van der Waals surface area contributed by atoms with Gasteiger partial charge in [-0.15, -0.1) is 10.2 Å². The van der Waals surface area contributed by atoms with Gasteiger partial charge >= 0.3 is 6.18 Å². The van der Waals surface area contributed by atoms with E-state index in [-0.39, 0.29) is 5.82 Å². The Hall–Kier alpha value is -2.69. The highest BCUT2D eigenvalue weighted by molar-refractivity contribution is 7.89. The van der Waals surface area contributed by atoms with Gasteiger partial charge in [0.1, 0.15) is 17.8 Å². The predicted octanol–water partition coefficient (Wildman–Crippen LogP) is 2.60. The molecule has 138 valence electrons. The van der Waals surface area contributed by atoms with Crippen LogP contribution in [0.2, 0.25) is 0 Å². The van der Waals surface area contributed by atoms with Crippen molar-refractivity contribution in [1.82, 2.24) is 19.9 Å². The van der Waals surface area contributed by atoms with Crippen LogP contribution in [0, 0.1) is 0 Å². The van der Waals surface area contributed by atoms with Crippen molar-refractivity contribution >= 4 is 9.84 Å². The van der Waals surface area contributed by atoms with Crippen molar-refractivity contribution in [3.63, 3.8) is 0 Å². The van der Waals surface area contributed by atoms with Crippen molar-refractivity contribution in [1.29, 1.82) is 0 Å². The summed E-state index contributed by atoms with van der Waals surface area (Å²) in [7, 11) is -2.36. The van der Waals surface area contributed by atoms with Gasteiger partial charge in [0.25, 0.3) is 0 Å². The van der Waals surface area contributed by atoms with E-state index in [9.17, 15) is 21.6 Å². The fourth-order valence-electron chi connectivity index (χ4n) is 2.40. The van der Waals surface area contributed by atoms with Crippen LogP contribution in [0.4, 0.5) is 13.2 Å². The third kappa shape index (κ3) is 3.77. The van der Waals surface area contributed by atoms with Gasteiger partial charge in [-0.3, -0.25) is 0 Å². The second kappa shape index (κ2) is 6.56. The van der Waals surface area contributed by atoms with Gasteiger partial charge in [-0.2, -0.15) is 13.2 Å². The van der Waals surface area contributed by atoms with E-state index in [0.29, 0.717) is 12.1 Å². The first-order valence-electron chi connectivity index (χ1n) is 7.32. The Kier molecular flexibility index (Phi) is 4.57. The van der Waals surface area contributed by atoms with E-state index in [1.807, 2.05) is 6.07 Å². The molecule has 3 rings (SSSR count). The van der Waals surface area contributed by atoms with E-state index < -0.39 is 38.8 Å². The molecule has 0 aliphatic heterocycles. The molecule has 0 saturated carbocycles. The number of rotatable bonds is 5. The Balaban J connectivity index is 1.83. The first-order chi connectivity index (χ1) is 12.2. The molecule has 0 unspecified atom stereocenters. The average molecular weight is 386 g/mol. The minimum Gasteiger partial charge on any atom is -0.364 e. The Morgan fingerprint density at radius 1 is 1.12 bits per heavy atom. The Morgan fingerprint density at radius 2 is 1.81 bits per heavy atom. The molecule has 0 atom stereocenters. The van der Waals surface area contributed by atoms with Crippen molar-refractivity contribution in [3.8, 4) is 11.4 Å². The van der Waals surface area contributed by atoms with E-state index in [2.05, 4.69) is 19.9 Å². The maximum atomic E-state index is 12.8. The molecule has 0 fully saturated rings. The van der Waals surface area contributed by atoms with Crippen LogP contribution in [0.1, 0.15) is 17.1 Å². The lowest BCUT2D eigenvalue weighted by Gasteiger charge is -2.07. The van der Waals surface area contributed by atoms with Gasteiger partial charge in [0.2, 0.25) is 0 Å². The quantitative estimate of drug-likeness (QED) is 0.669. The summed E-state index contributed by atoms with van der Waals surface area (Å²) in [6.07, 6.45) is -4.10. The fraction of sp³-hybridized carbons (Fsp3) is 0.267. The summed E-state index contributed by atoms with van der Waals surface area (Å²) in [6, 6.07) is 8.99. The molecule has 2 heterocycles. The van der Waals surface area contributed by atoms with Gasteiger partial charge < -0.3 is 9.09 Å². The monoisotopic (exact) mass is 386 g/mol. The first-order valence-corrected chi connectivity index (χ1v) is 9.14. The van der Waals surface area contributed by atoms with Gasteiger partial charge in [-0.1, -0.05) is 35.5 Å². The van der Waals surface area contributed by atoms with E-state index in [0.717, 1.165) is 5.56 Å². The van der Waals surface area contributed by atoms with E-state index in [1.54, 1.807) is 31.3 Å². The third-order valence-electron chi connectivity index (χ3n) is 3.63. The lowest BCUT2D eigenvalue weighted by Crippen LogP contribution is -2.15. The van der Waals surface area contributed by atoms with Crippen molar-refractivity contribution < 1.29 is 26.1 Å². The number of nitrogens with zero attached hydrogens (tertiary/aromatic N) is 4. The molecule has 26 heavy (non-hydrogen) atoms. The molecule has 1 aromatic carbocycles. The summed E-state index contributed by atoms with van der Waals surface area (Å²) in [6.45, 7) is 0. The number of hydrogen-bond acceptors (Lipinski definition) is 6. The Bertz CT molecular complexity index is 1010. The molecule has 0 N–H and O–H groups in total. The largest absolute Gasteiger partial charge is 0.437 e. The van der Waals surface area contributed by atoms with Crippen molar-refractivity contribution in [2.24, 2.45) is 7.05 Å². The van der Waals surface area contributed by atoms with Gasteiger partial charge in [-0.05, 0) is 0 Å². The molecule has 2 aromatic heterocycles. The SMILES string of the molecule is Cn1c(CS(=O)(=O)Cc2conc2C(F)(F)F)nnc1-c1ccccc1. The zero-order chi connectivity index (χ0) is 18.9. The van der Waals surface area contributed by atoms with Crippen molar-refractivity contribution in [3.05, 3.63) is 53.7 Å². The molecule has 0 aliphatic carbocycles. The molecule has 7 nitrogen and oxygen atoms in total. The summed E-state index contributed by atoms with van der Waals surface area (Å²) in [4.78, 5) is 0. The normalized spacial score (nSPS) is 12.5. The summed E-state index contributed by atoms with van der Waals surface area (Å²) in [5, 5.41) is 10.7. The number of benzene rings is 1. The number of halogens is 3. The summed E-state index contributed by atoms with van der Waals surface area (Å²) < 4.78 is 68.8. The van der Waals surface area contributed by atoms with Crippen LogP contribution >= 0.6 is 0 Å². The lowest BCUT2D eigenvalue weighted by atomic mass is 10.2. The predicted molar refractivity (Wildman–Crippen MR) is 84.3 cm³/mol. The standard InChI is InChI=1S/C15H13F3N4O3S/c1-22-12(19-20-14(22)10-5-3-2-4-6-10)9-26(23,24)8-11-7-25-21-13(11)15(16,17)18/h2-7H,8-9H2,1H3. The molecule has 11 heteroatoms. The molecular formula is C15H13F3N4O3S. The van der Waals surface area contributed by atoms with E-state index in [4.69, 9.17) is 0 Å². The minimum atomic E-state index is -4.79. The smallest absolute Gasteiger partial charge is 0.364 e. The van der Waals surface area contributed by atoms with Crippen molar-refractivity contribution in [2.75, 3.05) is 0 Å². The summed E-state index contributed by atoms with van der Waals surface area (Å²) >= 11 is 0. The topological polar surface area (TPSA) is 90.9 Å². The molecule has 0 bridgehead atoms. The average Bonchev–Trinajstić information content (AvgIpc) is 3.15. The molecule has 0 aliphatic rings. The minimum absolute atomic E-state index is 0.119. The van der Waals surface area contributed by atoms with Gasteiger partial charge in [0.15, 0.2) is 21.4 Å². The van der Waals surface area contributed by atoms with Gasteiger partial charge in [-0.25, -0.2) is 8.42 Å². The maximum absolute atomic E-state index is 12.8. The number of alkyl halides is 3. The summed E-state index contributed by atoms with van der Waals surface area (Å²) in [5.41, 5.74) is -1.14. The van der Waals surface area contributed by atoms with Crippen LogP contribution in [-0.2, 0) is 34.6 Å². The number of hydrogen-bond donors (Lipinski definition) is 0. The van der Waals surface area contributed by atoms with Crippen LogP contribution in [0.25, 0.3) is 11.4 Å². The highest BCUT2D eigenvalue weighted by Crippen LogP contribution is 2.31. The highest BCUT2D eigenvalue weighted by atomic mass is 32.2. The fourth-order valence-corrected chi connectivity index (χ4v) is 3.83. The van der Waals surface area contributed by atoms with Gasteiger partial charge in [0, 0.05) is 18.2 Å². The van der Waals surface area contributed by atoms with Crippen LogP contribution in [-0.4, -0.2) is 28.3 Å². The number of sulfone groups is 1. The molecule has 0 amide bonds. The maximum Gasteiger partial charge on any atom is 0.437 e. The van der Waals surface area contributed by atoms with E-state index in [1.165, 1.54) is 4.57 Å². The molecule has 0 radical (unpaired) electrons. The summed E-state index contributed by atoms with van der Waals surface area (Å²) in [5.74, 6) is -0.851. The zero-order valence-corrected chi connectivity index (χ0v) is 14.3. The molecular weight excluding hydrogens is 373 g/mol. The second-order valence-electron chi connectivity index (χ2n) is 5.58. The molecule has 3 aromatic rings.